The Bertz CT molecular complexity index is 2190. The van der Waals surface area contributed by atoms with Crippen LogP contribution in [-0.4, -0.2) is 38.4 Å². The van der Waals surface area contributed by atoms with Crippen molar-refractivity contribution in [2.24, 2.45) is 0 Å². The van der Waals surface area contributed by atoms with Gasteiger partial charge in [0, 0.05) is 43.0 Å². The molecular weight excluding hydrogens is 789 g/mol. The molecule has 0 aliphatic heterocycles. The quantitative estimate of drug-likeness (QED) is 0.0858. The lowest BCUT2D eigenvalue weighted by atomic mass is 10.0. The highest BCUT2D eigenvalue weighted by Crippen LogP contribution is 2.55. The Kier molecular flexibility index (Phi) is 12.6. The molecule has 0 amide bonds. The lowest BCUT2D eigenvalue weighted by Crippen LogP contribution is -2.32. The van der Waals surface area contributed by atoms with E-state index in [4.69, 9.17) is 42.1 Å². The average Bonchev–Trinajstić information content (AvgIpc) is 3.25. The summed E-state index contributed by atoms with van der Waals surface area (Å²) in [7, 11) is -5.44. The third kappa shape index (κ3) is 7.68. The number of carbonyl (C=O) groups is 2. The maximum atomic E-state index is 16.4. The molecule has 2 unspecified atom stereocenters. The van der Waals surface area contributed by atoms with Crippen LogP contribution in [0.1, 0.15) is 13.8 Å². The molecule has 2 atom stereocenters. The summed E-state index contributed by atoms with van der Waals surface area (Å²) >= 11 is 14.1. The molecule has 286 valence electrons. The lowest BCUT2D eigenvalue weighted by Gasteiger charge is -2.30. The predicted molar refractivity (Wildman–Crippen MR) is 225 cm³/mol. The Balaban J connectivity index is 1.88. The van der Waals surface area contributed by atoms with Gasteiger partial charge in [0.2, 0.25) is 0 Å². The van der Waals surface area contributed by atoms with Gasteiger partial charge in [-0.2, -0.15) is 0 Å². The number of halogens is 2. The van der Waals surface area contributed by atoms with Crippen LogP contribution in [0.3, 0.4) is 0 Å². The van der Waals surface area contributed by atoms with E-state index < -0.39 is 38.4 Å². The van der Waals surface area contributed by atoms with E-state index in [1.807, 2.05) is 24.3 Å². The fraction of sp³-hybridized carbons (Fsp3) is 0.136. The highest BCUT2D eigenvalue weighted by atomic mass is 35.5. The van der Waals surface area contributed by atoms with Gasteiger partial charge in [0.25, 0.3) is 0 Å². The molecule has 8 nitrogen and oxygen atoms in total. The summed E-state index contributed by atoms with van der Waals surface area (Å²) in [6.07, 6.45) is -2.45. The van der Waals surface area contributed by atoms with Gasteiger partial charge in [0.1, 0.15) is 11.5 Å². The fourth-order valence-electron chi connectivity index (χ4n) is 6.52. The molecule has 6 aromatic rings. The van der Waals surface area contributed by atoms with Crippen molar-refractivity contribution in [1.29, 1.82) is 0 Å². The number of methoxy groups -OCH3 is 2. The largest absolute Gasteiger partial charge is 0.477 e. The molecule has 0 N–H and O–H groups in total. The van der Waals surface area contributed by atoms with Gasteiger partial charge in [-0.25, -0.2) is 9.59 Å². The highest BCUT2D eigenvalue weighted by molar-refractivity contribution is 7.86. The Labute approximate surface area is 336 Å². The van der Waals surface area contributed by atoms with Gasteiger partial charge in [-0.3, -0.25) is 0 Å². The molecule has 0 saturated heterocycles. The summed E-state index contributed by atoms with van der Waals surface area (Å²) in [5.41, 5.74) is 0.168. The van der Waals surface area contributed by atoms with Crippen molar-refractivity contribution in [3.05, 3.63) is 156 Å². The summed E-state index contributed by atoms with van der Waals surface area (Å²) in [6.45, 7) is 2.97. The van der Waals surface area contributed by atoms with Gasteiger partial charge in [0.15, 0.2) is 26.5 Å². The summed E-state index contributed by atoms with van der Waals surface area (Å²) < 4.78 is 55.8. The van der Waals surface area contributed by atoms with E-state index in [1.54, 1.807) is 109 Å². The van der Waals surface area contributed by atoms with Gasteiger partial charge in [-0.1, -0.05) is 145 Å². The van der Waals surface area contributed by atoms with Crippen molar-refractivity contribution >= 4 is 81.3 Å². The Morgan fingerprint density at radius 3 is 0.982 bits per heavy atom. The first-order valence-corrected chi connectivity index (χ1v) is 21.7. The standard InChI is InChI=1S/C44H38Cl2O8P2/c1-29(43(47)51-3)53-41-35(45)25-27-37(55(49,31-17-9-5-10-18-31)32-19-11-6-12-20-32)39(41)40-38(28-26-36(46)42(40)54-30(2)44(48)52-4)56(50,33-21-13-7-14-22-33)34-23-15-8-16-24-34/h5-30H,1-4H3. The predicted octanol–water partition coefficient (Wildman–Crippen LogP) is 7.82. The maximum absolute atomic E-state index is 16.4. The Morgan fingerprint density at radius 2 is 0.732 bits per heavy atom. The first-order valence-electron chi connectivity index (χ1n) is 17.5. The summed E-state index contributed by atoms with van der Waals surface area (Å²) in [5.74, 6) is -1.59. The second kappa shape index (κ2) is 17.4. The zero-order valence-electron chi connectivity index (χ0n) is 30.9. The van der Waals surface area contributed by atoms with Crippen LogP contribution in [0.2, 0.25) is 10.0 Å². The molecule has 0 aromatic heterocycles. The average molecular weight is 828 g/mol. The second-order valence-electron chi connectivity index (χ2n) is 12.7. The van der Waals surface area contributed by atoms with Gasteiger partial charge >= 0.3 is 11.9 Å². The van der Waals surface area contributed by atoms with Crippen LogP contribution in [0, 0.1) is 0 Å². The van der Waals surface area contributed by atoms with E-state index in [9.17, 15) is 9.59 Å². The first kappa shape index (κ1) is 40.6. The monoisotopic (exact) mass is 826 g/mol. The molecule has 0 heterocycles. The van der Waals surface area contributed by atoms with Crippen LogP contribution >= 0.6 is 37.5 Å². The number of hydrogen-bond acceptors (Lipinski definition) is 8. The molecular formula is C44H38Cl2O8P2. The SMILES string of the molecule is COC(=O)C(C)Oc1c(Cl)ccc(P(=O)(c2ccccc2)c2ccccc2)c1-c1c(P(=O)(c2ccccc2)c2ccccc2)ccc(Cl)c1OC(C)C(=O)OC. The van der Waals surface area contributed by atoms with E-state index in [-0.39, 0.29) is 43.3 Å². The molecule has 0 fully saturated rings. The molecule has 0 radical (unpaired) electrons. The van der Waals surface area contributed by atoms with Crippen molar-refractivity contribution in [2.45, 2.75) is 26.1 Å². The van der Waals surface area contributed by atoms with Crippen molar-refractivity contribution in [2.75, 3.05) is 14.2 Å². The number of ether oxygens (including phenoxy) is 4. The molecule has 0 saturated carbocycles. The normalized spacial score (nSPS) is 12.6. The van der Waals surface area contributed by atoms with E-state index in [0.717, 1.165) is 0 Å². The number of benzene rings is 6. The van der Waals surface area contributed by atoms with Gasteiger partial charge in [-0.05, 0) is 38.1 Å². The number of carbonyl (C=O) groups excluding carboxylic acids is 2. The summed E-state index contributed by atoms with van der Waals surface area (Å²) in [6, 6.07) is 42.0. The van der Waals surface area contributed by atoms with Crippen LogP contribution in [0.25, 0.3) is 11.1 Å². The van der Waals surface area contributed by atoms with E-state index >= 15 is 9.13 Å². The molecule has 0 aliphatic rings. The zero-order chi connectivity index (χ0) is 40.0. The van der Waals surface area contributed by atoms with Crippen LogP contribution in [-0.2, 0) is 28.2 Å². The van der Waals surface area contributed by atoms with Gasteiger partial charge < -0.3 is 28.1 Å². The fourth-order valence-corrected chi connectivity index (χ4v) is 12.6. The summed E-state index contributed by atoms with van der Waals surface area (Å²) in [5, 5.41) is 2.32. The highest BCUT2D eigenvalue weighted by Gasteiger charge is 2.41. The molecule has 0 spiro atoms. The Hall–Kier alpha value is -5.10. The lowest BCUT2D eigenvalue weighted by molar-refractivity contribution is -0.148. The molecule has 12 heteroatoms. The number of hydrogen-bond donors (Lipinski definition) is 0. The van der Waals surface area contributed by atoms with Gasteiger partial charge in [-0.15, -0.1) is 0 Å². The molecule has 0 bridgehead atoms. The minimum Gasteiger partial charge on any atom is -0.477 e. The van der Waals surface area contributed by atoms with Crippen LogP contribution in [0.4, 0.5) is 0 Å². The van der Waals surface area contributed by atoms with Crippen LogP contribution in [0.15, 0.2) is 146 Å². The number of esters is 2. The smallest absolute Gasteiger partial charge is 0.346 e. The zero-order valence-corrected chi connectivity index (χ0v) is 34.2. The molecule has 6 rings (SSSR count). The van der Waals surface area contributed by atoms with Crippen LogP contribution < -0.4 is 41.3 Å². The third-order valence-corrected chi connectivity index (χ3v) is 16.0. The summed E-state index contributed by atoms with van der Waals surface area (Å²) in [4.78, 5) is 26.0. The molecule has 56 heavy (non-hydrogen) atoms. The van der Waals surface area contributed by atoms with Crippen molar-refractivity contribution in [1.82, 2.24) is 0 Å². The minimum atomic E-state index is -3.95. The van der Waals surface area contributed by atoms with Crippen molar-refractivity contribution in [3.63, 3.8) is 0 Å². The molecule has 6 aromatic carbocycles. The third-order valence-electron chi connectivity index (χ3n) is 9.24. The maximum Gasteiger partial charge on any atom is 0.346 e. The first-order chi connectivity index (χ1) is 27.0. The molecule has 0 aliphatic carbocycles. The van der Waals surface area contributed by atoms with E-state index in [1.165, 1.54) is 40.2 Å². The second-order valence-corrected chi connectivity index (χ2v) is 18.9. The van der Waals surface area contributed by atoms with E-state index in [0.29, 0.717) is 21.2 Å². The topological polar surface area (TPSA) is 105 Å². The Morgan fingerprint density at radius 1 is 0.464 bits per heavy atom. The van der Waals surface area contributed by atoms with E-state index in [2.05, 4.69) is 0 Å². The number of rotatable bonds is 13. The minimum absolute atomic E-state index is 0.0272. The van der Waals surface area contributed by atoms with Gasteiger partial charge in [0.05, 0.1) is 24.3 Å². The van der Waals surface area contributed by atoms with Crippen molar-refractivity contribution in [3.8, 4) is 22.6 Å². The van der Waals surface area contributed by atoms with Crippen molar-refractivity contribution < 1.29 is 37.7 Å². The van der Waals surface area contributed by atoms with Crippen LogP contribution in [0.5, 0.6) is 11.5 Å².